The maximum absolute atomic E-state index is 13.9. The van der Waals surface area contributed by atoms with Crippen LogP contribution < -0.4 is 0 Å². The third-order valence-corrected chi connectivity index (χ3v) is 9.12. The molecule has 6 nitrogen and oxygen atoms in total. The van der Waals surface area contributed by atoms with E-state index < -0.39 is 0 Å². The van der Waals surface area contributed by atoms with Gasteiger partial charge in [-0.25, -0.2) is 0 Å². The fourth-order valence-corrected chi connectivity index (χ4v) is 7.07. The molecule has 0 radical (unpaired) electrons. The van der Waals surface area contributed by atoms with Gasteiger partial charge in [-0.1, -0.05) is 61.3 Å². The van der Waals surface area contributed by atoms with Gasteiger partial charge in [0.15, 0.2) is 0 Å². The molecule has 0 aromatic heterocycles. The highest BCUT2D eigenvalue weighted by molar-refractivity contribution is 6.42. The number of benzene rings is 2. The lowest BCUT2D eigenvalue weighted by atomic mass is 9.56. The van der Waals surface area contributed by atoms with Gasteiger partial charge in [0, 0.05) is 50.4 Å². The van der Waals surface area contributed by atoms with Crippen molar-refractivity contribution in [2.24, 2.45) is 11.8 Å². The topological polar surface area (TPSA) is 70.1 Å². The van der Waals surface area contributed by atoms with E-state index >= 15 is 0 Å². The van der Waals surface area contributed by atoms with E-state index in [-0.39, 0.29) is 53.4 Å². The number of carbonyl (C=O) groups excluding carboxylic acids is 2. The number of rotatable bonds is 9. The first-order valence-electron chi connectivity index (χ1n) is 14.1. The number of phenols is 1. The molecule has 2 aromatic rings. The highest BCUT2D eigenvalue weighted by Gasteiger charge is 2.54. The number of piperidine rings is 1. The molecule has 4 rings (SSSR count). The van der Waals surface area contributed by atoms with Gasteiger partial charge in [-0.2, -0.15) is 0 Å². The number of nitrogens with zero attached hydrogens (tertiary/aromatic N) is 2. The zero-order valence-electron chi connectivity index (χ0n) is 23.6. The average Bonchev–Trinajstić information content (AvgIpc) is 2.89. The van der Waals surface area contributed by atoms with Crippen LogP contribution in [0.4, 0.5) is 0 Å². The molecule has 1 saturated heterocycles. The lowest BCUT2D eigenvalue weighted by Gasteiger charge is -2.56. The van der Waals surface area contributed by atoms with Crippen molar-refractivity contribution in [1.82, 2.24) is 9.80 Å². The largest absolute Gasteiger partial charge is 0.508 e. The molecule has 1 N–H and O–H groups in total. The van der Waals surface area contributed by atoms with Crippen LogP contribution >= 0.6 is 23.2 Å². The summed E-state index contributed by atoms with van der Waals surface area (Å²) in [5.41, 5.74) is 1.45. The third kappa shape index (κ3) is 6.84. The Morgan fingerprint density at radius 1 is 1.23 bits per heavy atom. The second kappa shape index (κ2) is 13.0. The summed E-state index contributed by atoms with van der Waals surface area (Å²) in [6.45, 7) is 12.5. The lowest BCUT2D eigenvalue weighted by Crippen LogP contribution is -2.62. The molecule has 40 heavy (non-hydrogen) atoms. The Bertz CT molecular complexity index is 1240. The van der Waals surface area contributed by atoms with Crippen LogP contribution in [0.5, 0.6) is 5.75 Å². The molecule has 0 bridgehead atoms. The molecule has 1 amide bonds. The molecular formula is C32H40Cl2N2O4. The average molecular weight is 588 g/mol. The standard InChI is InChI=1S/C32H40Cl2N2O4/c1-5-12-35-13-11-32(24-7-6-8-26(38)16-24)18-25(17-30(27(32)20-35)40-22(4)37)36(19-21(2)3)31(39)15-23-9-10-28(33)29(34)14-23/h5-10,14,16,21,25,27,30,38H,1,11-13,15,17-20H2,2-4H3/t25-,27+,30?,32+/m1/s1. The zero-order chi connectivity index (χ0) is 29.0. The van der Waals surface area contributed by atoms with Crippen molar-refractivity contribution in [3.8, 4) is 5.75 Å². The van der Waals surface area contributed by atoms with Gasteiger partial charge in [-0.05, 0) is 60.7 Å². The van der Waals surface area contributed by atoms with Crippen molar-refractivity contribution in [3.05, 3.63) is 76.3 Å². The minimum Gasteiger partial charge on any atom is -0.508 e. The van der Waals surface area contributed by atoms with Crippen molar-refractivity contribution >= 4 is 35.1 Å². The first-order chi connectivity index (χ1) is 19.0. The van der Waals surface area contributed by atoms with E-state index in [1.54, 1.807) is 18.2 Å². The van der Waals surface area contributed by atoms with E-state index in [1.807, 2.05) is 29.2 Å². The minimum absolute atomic E-state index is 0.00673. The van der Waals surface area contributed by atoms with Gasteiger partial charge in [0.05, 0.1) is 16.5 Å². The van der Waals surface area contributed by atoms with Crippen LogP contribution in [0.1, 0.15) is 51.2 Å². The number of fused-ring (bicyclic) bond motifs is 1. The van der Waals surface area contributed by atoms with Gasteiger partial charge < -0.3 is 14.7 Å². The molecule has 8 heteroatoms. The summed E-state index contributed by atoms with van der Waals surface area (Å²) in [5.74, 6) is 0.143. The van der Waals surface area contributed by atoms with E-state index in [1.165, 1.54) is 6.92 Å². The number of likely N-dealkylation sites (tertiary alicyclic amines) is 1. The lowest BCUT2D eigenvalue weighted by molar-refractivity contribution is -0.161. The number of hydrogen-bond acceptors (Lipinski definition) is 5. The predicted octanol–water partition coefficient (Wildman–Crippen LogP) is 6.27. The van der Waals surface area contributed by atoms with Gasteiger partial charge in [-0.15, -0.1) is 6.58 Å². The van der Waals surface area contributed by atoms with E-state index in [4.69, 9.17) is 27.9 Å². The highest BCUT2D eigenvalue weighted by Crippen LogP contribution is 2.51. The number of ether oxygens (including phenoxy) is 1. The Kier molecular flexibility index (Phi) is 9.86. The summed E-state index contributed by atoms with van der Waals surface area (Å²) >= 11 is 12.4. The maximum atomic E-state index is 13.9. The second-order valence-electron chi connectivity index (χ2n) is 11.7. The molecule has 0 spiro atoms. The molecule has 2 fully saturated rings. The summed E-state index contributed by atoms with van der Waals surface area (Å²) in [7, 11) is 0. The first kappa shape index (κ1) is 30.4. The molecule has 1 unspecified atom stereocenters. The number of halogens is 2. The molecule has 1 aliphatic carbocycles. The number of carbonyl (C=O) groups is 2. The molecule has 1 heterocycles. The molecule has 4 atom stereocenters. The van der Waals surface area contributed by atoms with Gasteiger partial charge in [0.2, 0.25) is 5.91 Å². The van der Waals surface area contributed by atoms with E-state index in [2.05, 4.69) is 31.4 Å². The monoisotopic (exact) mass is 586 g/mol. The SMILES string of the molecule is C=CCN1CC[C@@]2(c3cccc(O)c3)C[C@H](N(CC(C)C)C(=O)Cc3ccc(Cl)c(Cl)c3)CC(OC(C)=O)[C@@H]2C1. The summed E-state index contributed by atoms with van der Waals surface area (Å²) in [6.07, 6.45) is 3.83. The van der Waals surface area contributed by atoms with Crippen molar-refractivity contribution < 1.29 is 19.4 Å². The number of esters is 1. The number of aromatic hydroxyl groups is 1. The van der Waals surface area contributed by atoms with E-state index in [9.17, 15) is 14.7 Å². The summed E-state index contributed by atoms with van der Waals surface area (Å²) in [4.78, 5) is 30.7. The molecular weight excluding hydrogens is 547 g/mol. The van der Waals surface area contributed by atoms with Crippen molar-refractivity contribution in [3.63, 3.8) is 0 Å². The van der Waals surface area contributed by atoms with Crippen LogP contribution in [-0.4, -0.2) is 65.1 Å². The minimum atomic E-state index is -0.376. The fraction of sp³-hybridized carbons (Fsp3) is 0.500. The van der Waals surface area contributed by atoms with Crippen LogP contribution in [0.15, 0.2) is 55.1 Å². The Hall–Kier alpha value is -2.54. The van der Waals surface area contributed by atoms with Gasteiger partial charge in [0.1, 0.15) is 11.9 Å². The molecule has 2 aliphatic rings. The normalized spacial score (nSPS) is 24.8. The highest BCUT2D eigenvalue weighted by atomic mass is 35.5. The number of amides is 1. The van der Waals surface area contributed by atoms with E-state index in [0.29, 0.717) is 23.0 Å². The smallest absolute Gasteiger partial charge is 0.302 e. The predicted molar refractivity (Wildman–Crippen MR) is 160 cm³/mol. The molecule has 1 saturated carbocycles. The maximum Gasteiger partial charge on any atom is 0.302 e. The summed E-state index contributed by atoms with van der Waals surface area (Å²) in [6, 6.07) is 12.6. The van der Waals surface area contributed by atoms with E-state index in [0.717, 1.165) is 43.6 Å². The quantitative estimate of drug-likeness (QED) is 0.277. The van der Waals surface area contributed by atoms with Gasteiger partial charge in [-0.3, -0.25) is 14.5 Å². The van der Waals surface area contributed by atoms with Crippen molar-refractivity contribution in [2.75, 3.05) is 26.2 Å². The van der Waals surface area contributed by atoms with Crippen molar-refractivity contribution in [1.29, 1.82) is 0 Å². The molecule has 1 aliphatic heterocycles. The van der Waals surface area contributed by atoms with Crippen LogP contribution in [0.3, 0.4) is 0 Å². The number of hydrogen-bond donors (Lipinski definition) is 1. The van der Waals surface area contributed by atoms with Gasteiger partial charge >= 0.3 is 5.97 Å². The Morgan fingerprint density at radius 2 is 2.00 bits per heavy atom. The third-order valence-electron chi connectivity index (χ3n) is 8.38. The Balaban J connectivity index is 1.74. The first-order valence-corrected chi connectivity index (χ1v) is 14.8. The Morgan fingerprint density at radius 3 is 2.65 bits per heavy atom. The zero-order valence-corrected chi connectivity index (χ0v) is 25.1. The van der Waals surface area contributed by atoms with Gasteiger partial charge in [0.25, 0.3) is 0 Å². The fourth-order valence-electron chi connectivity index (χ4n) is 6.75. The second-order valence-corrected chi connectivity index (χ2v) is 12.5. The van der Waals surface area contributed by atoms with Crippen LogP contribution in [-0.2, 0) is 26.2 Å². The van der Waals surface area contributed by atoms with Crippen LogP contribution in [0, 0.1) is 11.8 Å². The summed E-state index contributed by atoms with van der Waals surface area (Å²) < 4.78 is 6.05. The van der Waals surface area contributed by atoms with Crippen LogP contribution in [0.25, 0.3) is 0 Å². The molecule has 216 valence electrons. The number of phenolic OH excluding ortho intramolecular Hbond substituents is 1. The Labute approximate surface area is 247 Å². The van der Waals surface area contributed by atoms with Crippen LogP contribution in [0.2, 0.25) is 10.0 Å². The summed E-state index contributed by atoms with van der Waals surface area (Å²) in [5, 5.41) is 11.3. The molecule has 2 aromatic carbocycles. The van der Waals surface area contributed by atoms with Crippen molar-refractivity contribution in [2.45, 2.75) is 64.0 Å².